The van der Waals surface area contributed by atoms with Crippen LogP contribution in [0, 0.1) is 6.92 Å². The topological polar surface area (TPSA) is 69.6 Å². The van der Waals surface area contributed by atoms with Crippen molar-refractivity contribution in [2.24, 2.45) is 0 Å². The van der Waals surface area contributed by atoms with E-state index in [0.717, 1.165) is 17.0 Å². The average molecular weight is 384 g/mol. The Morgan fingerprint density at radius 3 is 2.81 bits per heavy atom. The van der Waals surface area contributed by atoms with Crippen LogP contribution in [0.2, 0.25) is 0 Å². The van der Waals surface area contributed by atoms with Gasteiger partial charge in [0.15, 0.2) is 0 Å². The molecule has 0 aliphatic carbocycles. The molecular formula is C18H17N5OS2. The molecule has 4 rings (SSSR count). The van der Waals surface area contributed by atoms with Gasteiger partial charge in [-0.1, -0.05) is 36.9 Å². The molecule has 132 valence electrons. The number of benzene rings is 1. The van der Waals surface area contributed by atoms with Gasteiger partial charge < -0.3 is 4.42 Å². The van der Waals surface area contributed by atoms with Crippen molar-refractivity contribution in [3.8, 4) is 16.5 Å². The van der Waals surface area contributed by atoms with Crippen LogP contribution < -0.4 is 0 Å². The third kappa shape index (κ3) is 3.56. The summed E-state index contributed by atoms with van der Waals surface area (Å²) in [5, 5.41) is 13.5. The number of hydrogen-bond acceptors (Lipinski definition) is 7. The van der Waals surface area contributed by atoms with E-state index in [4.69, 9.17) is 4.42 Å². The minimum absolute atomic E-state index is 0.538. The van der Waals surface area contributed by atoms with Crippen LogP contribution in [-0.4, -0.2) is 25.0 Å². The Morgan fingerprint density at radius 1 is 1.19 bits per heavy atom. The summed E-state index contributed by atoms with van der Waals surface area (Å²) < 4.78 is 7.55. The van der Waals surface area contributed by atoms with Crippen molar-refractivity contribution in [1.82, 2.24) is 25.0 Å². The quantitative estimate of drug-likeness (QED) is 0.455. The summed E-state index contributed by atoms with van der Waals surface area (Å²) in [6, 6.07) is 12.0. The number of hydrogen-bond donors (Lipinski definition) is 0. The van der Waals surface area contributed by atoms with Crippen molar-refractivity contribution >= 4 is 23.1 Å². The zero-order valence-corrected chi connectivity index (χ0v) is 16.0. The lowest BCUT2D eigenvalue weighted by atomic mass is 10.2. The highest BCUT2D eigenvalue weighted by molar-refractivity contribution is 7.98. The molecule has 8 heteroatoms. The fourth-order valence-electron chi connectivity index (χ4n) is 2.53. The van der Waals surface area contributed by atoms with Gasteiger partial charge >= 0.3 is 0 Å². The van der Waals surface area contributed by atoms with Crippen LogP contribution in [-0.2, 0) is 12.2 Å². The monoisotopic (exact) mass is 383 g/mol. The lowest BCUT2D eigenvalue weighted by Crippen LogP contribution is -1.93. The molecule has 1 aromatic carbocycles. The third-order valence-corrected chi connectivity index (χ3v) is 6.04. The zero-order chi connectivity index (χ0) is 17.9. The molecule has 0 bridgehead atoms. The maximum atomic E-state index is 5.80. The van der Waals surface area contributed by atoms with Crippen LogP contribution in [0.3, 0.4) is 0 Å². The second kappa shape index (κ2) is 7.43. The summed E-state index contributed by atoms with van der Waals surface area (Å²) in [5.41, 5.74) is 2.25. The van der Waals surface area contributed by atoms with Gasteiger partial charge in [-0.15, -0.1) is 26.6 Å². The first-order valence-corrected chi connectivity index (χ1v) is 10.0. The second-order valence-electron chi connectivity index (χ2n) is 5.67. The van der Waals surface area contributed by atoms with E-state index >= 15 is 0 Å². The molecule has 0 unspecified atom stereocenters. The molecule has 0 atom stereocenters. The van der Waals surface area contributed by atoms with Gasteiger partial charge in [-0.3, -0.25) is 0 Å². The van der Waals surface area contributed by atoms with Crippen molar-refractivity contribution in [2.45, 2.75) is 31.2 Å². The maximum absolute atomic E-state index is 5.80. The summed E-state index contributed by atoms with van der Waals surface area (Å²) >= 11 is 3.18. The largest absolute Gasteiger partial charge is 0.419 e. The minimum atomic E-state index is 0.538. The zero-order valence-electron chi connectivity index (χ0n) is 14.4. The third-order valence-electron chi connectivity index (χ3n) is 3.84. The summed E-state index contributed by atoms with van der Waals surface area (Å²) in [4.78, 5) is 6.70. The van der Waals surface area contributed by atoms with Crippen molar-refractivity contribution in [2.75, 3.05) is 0 Å². The average Bonchev–Trinajstić information content (AvgIpc) is 3.40. The maximum Gasteiger partial charge on any atom is 0.257 e. The van der Waals surface area contributed by atoms with Crippen LogP contribution in [0.15, 0.2) is 52.3 Å². The first-order chi connectivity index (χ1) is 12.7. The van der Waals surface area contributed by atoms with E-state index in [1.165, 1.54) is 22.2 Å². The van der Waals surface area contributed by atoms with E-state index in [-0.39, 0.29) is 0 Å². The van der Waals surface area contributed by atoms with Crippen LogP contribution >= 0.6 is 23.1 Å². The fourth-order valence-corrected chi connectivity index (χ4v) is 4.20. The van der Waals surface area contributed by atoms with Gasteiger partial charge in [0.1, 0.15) is 6.33 Å². The van der Waals surface area contributed by atoms with Gasteiger partial charge in [-0.05, 0) is 37.1 Å². The highest BCUT2D eigenvalue weighted by atomic mass is 32.2. The van der Waals surface area contributed by atoms with Gasteiger partial charge in [0, 0.05) is 4.88 Å². The summed E-state index contributed by atoms with van der Waals surface area (Å²) in [7, 11) is 0. The van der Waals surface area contributed by atoms with E-state index < -0.39 is 0 Å². The molecule has 0 N–H and O–H groups in total. The molecule has 0 saturated heterocycles. The normalized spacial score (nSPS) is 11.2. The number of aryl methyl sites for hydroxylation is 2. The van der Waals surface area contributed by atoms with Gasteiger partial charge in [0.05, 0.1) is 16.3 Å². The number of nitrogens with zero attached hydrogens (tertiary/aromatic N) is 5. The Kier molecular flexibility index (Phi) is 4.85. The van der Waals surface area contributed by atoms with Crippen LogP contribution in [0.25, 0.3) is 16.5 Å². The van der Waals surface area contributed by atoms with Crippen LogP contribution in [0.1, 0.15) is 23.3 Å². The van der Waals surface area contributed by atoms with Crippen LogP contribution in [0.5, 0.6) is 0 Å². The van der Waals surface area contributed by atoms with E-state index in [1.54, 1.807) is 22.3 Å². The molecule has 6 nitrogen and oxygen atoms in total. The summed E-state index contributed by atoms with van der Waals surface area (Å²) in [5.74, 6) is 1.69. The molecule has 0 amide bonds. The number of rotatable bonds is 6. The molecule has 0 spiro atoms. The number of thioether (sulfide) groups is 1. The minimum Gasteiger partial charge on any atom is -0.419 e. The van der Waals surface area contributed by atoms with Crippen molar-refractivity contribution in [3.05, 3.63) is 59.1 Å². The van der Waals surface area contributed by atoms with E-state index in [2.05, 4.69) is 40.2 Å². The number of aromatic nitrogens is 5. The Bertz CT molecular complexity index is 1010. The highest BCUT2D eigenvalue weighted by Crippen LogP contribution is 2.31. The Labute approximate surface area is 159 Å². The van der Waals surface area contributed by atoms with Crippen LogP contribution in [0.4, 0.5) is 0 Å². The molecule has 26 heavy (non-hydrogen) atoms. The molecule has 4 aromatic rings. The first-order valence-electron chi connectivity index (χ1n) is 8.25. The molecule has 3 heterocycles. The molecule has 3 aromatic heterocycles. The standard InChI is InChI=1S/C18H17N5OS2/c1-3-14-12(2)9-15(26-14)17-21-20-16(24-17)10-25-18-19-11-23(22-18)13-7-5-4-6-8-13/h4-9,11H,3,10H2,1-2H3. The van der Waals surface area contributed by atoms with Crippen molar-refractivity contribution in [1.29, 1.82) is 0 Å². The van der Waals surface area contributed by atoms with Gasteiger partial charge in [-0.2, -0.15) is 0 Å². The highest BCUT2D eigenvalue weighted by Gasteiger charge is 2.14. The van der Waals surface area contributed by atoms with E-state index in [9.17, 15) is 0 Å². The Morgan fingerprint density at radius 2 is 2.04 bits per heavy atom. The first kappa shape index (κ1) is 17.0. The number of thiophene rings is 1. The fraction of sp³-hybridized carbons (Fsp3) is 0.222. The molecule has 0 saturated carbocycles. The second-order valence-corrected chi connectivity index (χ2v) is 7.75. The lowest BCUT2D eigenvalue weighted by molar-refractivity contribution is 0.529. The van der Waals surface area contributed by atoms with Crippen molar-refractivity contribution < 1.29 is 4.42 Å². The molecular weight excluding hydrogens is 366 g/mol. The summed E-state index contributed by atoms with van der Waals surface area (Å²) in [6.45, 7) is 4.26. The van der Waals surface area contributed by atoms with E-state index in [1.807, 2.05) is 30.3 Å². The SMILES string of the molecule is CCc1sc(-c2nnc(CSc3ncn(-c4ccccc4)n3)o2)cc1C. The predicted molar refractivity (Wildman–Crippen MR) is 103 cm³/mol. The Hall–Kier alpha value is -2.45. The number of para-hydroxylation sites is 1. The molecule has 0 radical (unpaired) electrons. The van der Waals surface area contributed by atoms with E-state index in [0.29, 0.717) is 22.7 Å². The Balaban J connectivity index is 1.43. The van der Waals surface area contributed by atoms with Gasteiger partial charge in [0.2, 0.25) is 11.0 Å². The van der Waals surface area contributed by atoms with Gasteiger partial charge in [0.25, 0.3) is 5.89 Å². The molecule has 0 aliphatic heterocycles. The van der Waals surface area contributed by atoms with Crippen molar-refractivity contribution in [3.63, 3.8) is 0 Å². The lowest BCUT2D eigenvalue weighted by Gasteiger charge is -1.97. The molecule has 0 aliphatic rings. The predicted octanol–water partition coefficient (Wildman–Crippen LogP) is 4.54. The summed E-state index contributed by atoms with van der Waals surface area (Å²) in [6.07, 6.45) is 2.72. The van der Waals surface area contributed by atoms with Gasteiger partial charge in [-0.25, -0.2) is 9.67 Å². The smallest absolute Gasteiger partial charge is 0.257 e. The molecule has 0 fully saturated rings.